The minimum atomic E-state index is -2.57. The zero-order valence-electron chi connectivity index (χ0n) is 17.4. The molecule has 0 amide bonds. The van der Waals surface area contributed by atoms with Gasteiger partial charge in [-0.1, -0.05) is 88.4 Å². The number of aliphatic hydroxyl groups excluding tert-OH is 1. The van der Waals surface area contributed by atoms with Gasteiger partial charge in [0.2, 0.25) is 0 Å². The van der Waals surface area contributed by atoms with Crippen LogP contribution in [0.2, 0.25) is 5.04 Å². The first-order chi connectivity index (χ1) is 13.3. The molecule has 0 radical (unpaired) electrons. The van der Waals surface area contributed by atoms with E-state index in [0.717, 1.165) is 12.8 Å². The Hall–Kier alpha value is -1.46. The molecule has 1 saturated carbocycles. The smallest absolute Gasteiger partial charge is 0.261 e. The quantitative estimate of drug-likeness (QED) is 0.784. The standard InChI is InChI=1S/C24H32O3Si/c1-18-21-15-16-24(18,27-22(21)25)17-26-28(23(2,3)4,19-11-7-5-8-12-19)20-13-9-6-10-14-20/h5-14,18,21-22,25H,15-17H2,1-4H3. The van der Waals surface area contributed by atoms with E-state index >= 15 is 0 Å². The number of benzene rings is 2. The topological polar surface area (TPSA) is 38.7 Å². The van der Waals surface area contributed by atoms with Gasteiger partial charge in [0.25, 0.3) is 8.32 Å². The number of rotatable bonds is 5. The Labute approximate surface area is 169 Å². The van der Waals surface area contributed by atoms with Crippen molar-refractivity contribution in [2.24, 2.45) is 11.8 Å². The highest BCUT2D eigenvalue weighted by molar-refractivity contribution is 6.99. The molecule has 2 aromatic carbocycles. The normalized spacial score (nSPS) is 30.0. The molecular weight excluding hydrogens is 364 g/mol. The second-order valence-electron chi connectivity index (χ2n) is 9.52. The van der Waals surface area contributed by atoms with Crippen molar-refractivity contribution in [2.75, 3.05) is 6.61 Å². The highest BCUT2D eigenvalue weighted by Gasteiger charge is 2.59. The molecular formula is C24H32O3Si. The van der Waals surface area contributed by atoms with Gasteiger partial charge in [0.05, 0.1) is 12.2 Å². The number of hydrogen-bond acceptors (Lipinski definition) is 3. The van der Waals surface area contributed by atoms with Crippen molar-refractivity contribution >= 4 is 18.7 Å². The zero-order valence-corrected chi connectivity index (χ0v) is 18.4. The molecule has 2 fully saturated rings. The van der Waals surface area contributed by atoms with Crippen molar-refractivity contribution in [3.8, 4) is 0 Å². The summed E-state index contributed by atoms with van der Waals surface area (Å²) < 4.78 is 13.2. The second kappa shape index (κ2) is 7.10. The van der Waals surface area contributed by atoms with Crippen LogP contribution in [0.15, 0.2) is 60.7 Å². The Morgan fingerprint density at radius 2 is 1.57 bits per heavy atom. The van der Waals surface area contributed by atoms with Gasteiger partial charge >= 0.3 is 0 Å². The third kappa shape index (κ3) is 2.98. The molecule has 4 heteroatoms. The summed E-state index contributed by atoms with van der Waals surface area (Å²) in [5.74, 6) is 0.559. The van der Waals surface area contributed by atoms with Crippen molar-refractivity contribution in [3.05, 3.63) is 60.7 Å². The Kier molecular flexibility index (Phi) is 5.03. The molecule has 2 aromatic rings. The Morgan fingerprint density at radius 1 is 1.04 bits per heavy atom. The Balaban J connectivity index is 1.78. The molecule has 2 bridgehead atoms. The summed E-state index contributed by atoms with van der Waals surface area (Å²) in [4.78, 5) is 0. The first-order valence-electron chi connectivity index (χ1n) is 10.4. The summed E-state index contributed by atoms with van der Waals surface area (Å²) in [6.45, 7) is 9.63. The van der Waals surface area contributed by atoms with E-state index in [2.05, 4.69) is 88.4 Å². The summed E-state index contributed by atoms with van der Waals surface area (Å²) in [5.41, 5.74) is -0.364. The van der Waals surface area contributed by atoms with E-state index in [-0.39, 0.29) is 16.6 Å². The van der Waals surface area contributed by atoms with Crippen LogP contribution in [0.25, 0.3) is 0 Å². The van der Waals surface area contributed by atoms with Gasteiger partial charge in [0, 0.05) is 5.92 Å². The SMILES string of the molecule is CC1C2CCC1(CO[Si](c1ccccc1)(c1ccccc1)C(C)(C)C)OC2O. The van der Waals surface area contributed by atoms with E-state index < -0.39 is 14.6 Å². The first kappa shape index (κ1) is 19.8. The molecule has 4 rings (SSSR count). The molecule has 28 heavy (non-hydrogen) atoms. The largest absolute Gasteiger partial charge is 0.404 e. The van der Waals surface area contributed by atoms with Crippen molar-refractivity contribution < 1.29 is 14.3 Å². The van der Waals surface area contributed by atoms with Crippen LogP contribution in [0.5, 0.6) is 0 Å². The van der Waals surface area contributed by atoms with Crippen LogP contribution in [0.1, 0.15) is 40.5 Å². The average molecular weight is 397 g/mol. The lowest BCUT2D eigenvalue weighted by Gasteiger charge is -2.45. The Bertz CT molecular complexity index is 762. The lowest BCUT2D eigenvalue weighted by atomic mass is 9.91. The van der Waals surface area contributed by atoms with Crippen LogP contribution < -0.4 is 10.4 Å². The average Bonchev–Trinajstić information content (AvgIpc) is 3.11. The number of fused-ring (bicyclic) bond motifs is 2. The molecule has 1 aliphatic heterocycles. The monoisotopic (exact) mass is 396 g/mol. The lowest BCUT2D eigenvalue weighted by molar-refractivity contribution is -0.182. The van der Waals surface area contributed by atoms with Crippen LogP contribution in [0.4, 0.5) is 0 Å². The van der Waals surface area contributed by atoms with Gasteiger partial charge in [0.1, 0.15) is 0 Å². The zero-order chi connectivity index (χ0) is 20.0. The maximum absolute atomic E-state index is 10.3. The number of ether oxygens (including phenoxy) is 1. The van der Waals surface area contributed by atoms with Crippen molar-refractivity contribution in [3.63, 3.8) is 0 Å². The minimum Gasteiger partial charge on any atom is -0.404 e. The maximum Gasteiger partial charge on any atom is 0.261 e. The molecule has 1 saturated heterocycles. The molecule has 1 aliphatic carbocycles. The summed E-state index contributed by atoms with van der Waals surface area (Å²) in [6.07, 6.45) is 1.34. The third-order valence-corrected chi connectivity index (χ3v) is 12.0. The molecule has 150 valence electrons. The second-order valence-corrected chi connectivity index (χ2v) is 13.8. The highest BCUT2D eigenvalue weighted by Crippen LogP contribution is 2.52. The van der Waals surface area contributed by atoms with E-state index in [9.17, 15) is 5.11 Å². The van der Waals surface area contributed by atoms with E-state index in [1.165, 1.54) is 10.4 Å². The first-order valence-corrected chi connectivity index (χ1v) is 12.3. The van der Waals surface area contributed by atoms with Gasteiger partial charge in [-0.3, -0.25) is 0 Å². The predicted octanol–water partition coefficient (Wildman–Crippen LogP) is 3.70. The lowest BCUT2D eigenvalue weighted by Crippen LogP contribution is -2.67. The predicted molar refractivity (Wildman–Crippen MR) is 115 cm³/mol. The van der Waals surface area contributed by atoms with Crippen LogP contribution in [-0.4, -0.2) is 31.9 Å². The fourth-order valence-corrected chi connectivity index (χ4v) is 10.0. The fourth-order valence-electron chi connectivity index (χ4n) is 5.39. The van der Waals surface area contributed by atoms with Crippen LogP contribution in [0, 0.1) is 11.8 Å². The number of aliphatic hydroxyl groups is 1. The molecule has 1 N–H and O–H groups in total. The van der Waals surface area contributed by atoms with E-state index in [1.54, 1.807) is 0 Å². The van der Waals surface area contributed by atoms with E-state index in [4.69, 9.17) is 9.16 Å². The minimum absolute atomic E-state index is 0.0508. The fraction of sp³-hybridized carbons (Fsp3) is 0.500. The molecule has 0 spiro atoms. The summed E-state index contributed by atoms with van der Waals surface area (Å²) in [5, 5.41) is 12.8. The molecule has 4 unspecified atom stereocenters. The third-order valence-electron chi connectivity index (χ3n) is 7.04. The van der Waals surface area contributed by atoms with Crippen molar-refractivity contribution in [1.82, 2.24) is 0 Å². The molecule has 1 heterocycles. The molecule has 3 nitrogen and oxygen atoms in total. The van der Waals surface area contributed by atoms with Crippen LogP contribution >= 0.6 is 0 Å². The van der Waals surface area contributed by atoms with Gasteiger partial charge in [-0.05, 0) is 34.2 Å². The van der Waals surface area contributed by atoms with Gasteiger partial charge < -0.3 is 14.3 Å². The molecule has 2 aliphatic rings. The van der Waals surface area contributed by atoms with Crippen molar-refractivity contribution in [1.29, 1.82) is 0 Å². The van der Waals surface area contributed by atoms with E-state index in [1.807, 2.05) is 0 Å². The van der Waals surface area contributed by atoms with E-state index in [0.29, 0.717) is 12.5 Å². The maximum atomic E-state index is 10.3. The van der Waals surface area contributed by atoms with Gasteiger partial charge in [-0.2, -0.15) is 0 Å². The molecule has 0 aromatic heterocycles. The Morgan fingerprint density at radius 3 is 1.96 bits per heavy atom. The van der Waals surface area contributed by atoms with Crippen LogP contribution in [0.3, 0.4) is 0 Å². The highest BCUT2D eigenvalue weighted by atomic mass is 28.4. The van der Waals surface area contributed by atoms with Gasteiger partial charge in [0.15, 0.2) is 6.29 Å². The number of hydrogen-bond donors (Lipinski definition) is 1. The van der Waals surface area contributed by atoms with Gasteiger partial charge in [-0.25, -0.2) is 0 Å². The van der Waals surface area contributed by atoms with Crippen LogP contribution in [-0.2, 0) is 9.16 Å². The van der Waals surface area contributed by atoms with Crippen molar-refractivity contribution in [2.45, 2.75) is 57.5 Å². The summed E-state index contributed by atoms with van der Waals surface area (Å²) >= 11 is 0. The summed E-state index contributed by atoms with van der Waals surface area (Å²) in [6, 6.07) is 21.4. The summed E-state index contributed by atoms with van der Waals surface area (Å²) in [7, 11) is -2.57. The molecule has 4 atom stereocenters. The van der Waals surface area contributed by atoms with Gasteiger partial charge in [-0.15, -0.1) is 0 Å².